The first-order valence-corrected chi connectivity index (χ1v) is 5.98. The van der Waals surface area contributed by atoms with E-state index in [4.69, 9.17) is 11.6 Å². The molecule has 0 fully saturated rings. The molecule has 0 aliphatic heterocycles. The summed E-state index contributed by atoms with van der Waals surface area (Å²) in [5, 5.41) is 0. The average molecular weight is 289 g/mol. The molecule has 0 amide bonds. The van der Waals surface area contributed by atoms with Crippen LogP contribution in [0.4, 0.5) is 17.6 Å². The van der Waals surface area contributed by atoms with Gasteiger partial charge in [-0.1, -0.05) is 24.3 Å². The third-order valence-corrected chi connectivity index (χ3v) is 3.03. The van der Waals surface area contributed by atoms with Crippen molar-refractivity contribution in [2.24, 2.45) is 0 Å². The van der Waals surface area contributed by atoms with Crippen LogP contribution in [0.25, 0.3) is 11.1 Å². The van der Waals surface area contributed by atoms with Gasteiger partial charge in [-0.05, 0) is 29.3 Å². The summed E-state index contributed by atoms with van der Waals surface area (Å²) in [6.45, 7) is 0. The Bertz CT molecular complexity index is 590. The zero-order chi connectivity index (χ0) is 14.0. The van der Waals surface area contributed by atoms with Gasteiger partial charge in [0.05, 0.1) is 5.56 Å². The van der Waals surface area contributed by atoms with Gasteiger partial charge >= 0.3 is 6.18 Å². The van der Waals surface area contributed by atoms with Crippen LogP contribution >= 0.6 is 11.6 Å². The van der Waals surface area contributed by atoms with Crippen LogP contribution in [-0.4, -0.2) is 0 Å². The lowest BCUT2D eigenvalue weighted by Gasteiger charge is -2.13. The predicted molar refractivity (Wildman–Crippen MR) is 66.4 cm³/mol. The summed E-state index contributed by atoms with van der Waals surface area (Å²) in [5.41, 5.74) is -0.0773. The van der Waals surface area contributed by atoms with E-state index >= 15 is 0 Å². The second-order valence-corrected chi connectivity index (χ2v) is 4.25. The number of rotatable bonds is 2. The van der Waals surface area contributed by atoms with E-state index in [0.717, 1.165) is 12.1 Å². The standard InChI is InChI=1S/C14H9ClF4/c15-8-9-5-6-10(14(17,18)19)7-12(9)11-3-1-2-4-13(11)16/h1-7H,8H2. The van der Waals surface area contributed by atoms with E-state index in [9.17, 15) is 17.6 Å². The molecular weight excluding hydrogens is 280 g/mol. The van der Waals surface area contributed by atoms with E-state index in [2.05, 4.69) is 0 Å². The monoisotopic (exact) mass is 288 g/mol. The maximum absolute atomic E-state index is 13.7. The van der Waals surface area contributed by atoms with Crippen molar-refractivity contribution in [3.05, 3.63) is 59.4 Å². The topological polar surface area (TPSA) is 0 Å². The highest BCUT2D eigenvalue weighted by Crippen LogP contribution is 2.35. The summed E-state index contributed by atoms with van der Waals surface area (Å²) in [6.07, 6.45) is -4.47. The van der Waals surface area contributed by atoms with Crippen LogP contribution in [0.15, 0.2) is 42.5 Å². The van der Waals surface area contributed by atoms with Gasteiger partial charge in [-0.3, -0.25) is 0 Å². The maximum Gasteiger partial charge on any atom is 0.416 e. The minimum Gasteiger partial charge on any atom is -0.206 e. The maximum atomic E-state index is 13.7. The van der Waals surface area contributed by atoms with E-state index in [1.54, 1.807) is 6.07 Å². The van der Waals surface area contributed by atoms with Gasteiger partial charge in [0.1, 0.15) is 5.82 Å². The molecule has 0 heterocycles. The molecule has 5 heteroatoms. The van der Waals surface area contributed by atoms with Gasteiger partial charge in [0, 0.05) is 11.4 Å². The molecule has 0 atom stereocenters. The van der Waals surface area contributed by atoms with Crippen molar-refractivity contribution in [3.63, 3.8) is 0 Å². The zero-order valence-corrected chi connectivity index (χ0v) is 10.4. The summed E-state index contributed by atoms with van der Waals surface area (Å²) < 4.78 is 51.8. The smallest absolute Gasteiger partial charge is 0.206 e. The fourth-order valence-corrected chi connectivity index (χ4v) is 2.03. The summed E-state index contributed by atoms with van der Waals surface area (Å²) >= 11 is 5.70. The second-order valence-electron chi connectivity index (χ2n) is 3.98. The zero-order valence-electron chi connectivity index (χ0n) is 9.64. The summed E-state index contributed by atoms with van der Waals surface area (Å²) in [5.74, 6) is -0.560. The van der Waals surface area contributed by atoms with Crippen LogP contribution in [0.1, 0.15) is 11.1 Å². The molecule has 0 aliphatic rings. The molecule has 0 spiro atoms. The van der Waals surface area contributed by atoms with Crippen LogP contribution in [-0.2, 0) is 12.1 Å². The Morgan fingerprint density at radius 2 is 1.63 bits per heavy atom. The van der Waals surface area contributed by atoms with Crippen LogP contribution in [0.2, 0.25) is 0 Å². The minimum absolute atomic E-state index is 0.0157. The highest BCUT2D eigenvalue weighted by Gasteiger charge is 2.31. The van der Waals surface area contributed by atoms with Crippen LogP contribution in [0, 0.1) is 5.82 Å². The summed E-state index contributed by atoms with van der Waals surface area (Å²) in [6, 6.07) is 8.83. The normalized spacial score (nSPS) is 11.6. The molecule has 0 bridgehead atoms. The Labute approximate surface area is 112 Å². The van der Waals surface area contributed by atoms with E-state index in [1.165, 1.54) is 24.3 Å². The fraction of sp³-hybridized carbons (Fsp3) is 0.143. The third kappa shape index (κ3) is 2.89. The number of benzene rings is 2. The van der Waals surface area contributed by atoms with Crippen LogP contribution < -0.4 is 0 Å². The quantitative estimate of drug-likeness (QED) is 0.523. The molecule has 19 heavy (non-hydrogen) atoms. The fourth-order valence-electron chi connectivity index (χ4n) is 1.80. The van der Waals surface area contributed by atoms with Crippen LogP contribution in [0.5, 0.6) is 0 Å². The number of hydrogen-bond donors (Lipinski definition) is 0. The highest BCUT2D eigenvalue weighted by atomic mass is 35.5. The lowest BCUT2D eigenvalue weighted by Crippen LogP contribution is -2.05. The van der Waals surface area contributed by atoms with E-state index in [-0.39, 0.29) is 17.0 Å². The first-order chi connectivity index (χ1) is 8.93. The molecule has 2 aromatic carbocycles. The Hall–Kier alpha value is -1.55. The molecule has 0 aromatic heterocycles. The first kappa shape index (κ1) is 13.9. The molecule has 0 saturated carbocycles. The SMILES string of the molecule is Fc1ccccc1-c1cc(C(F)(F)F)ccc1CCl. The van der Waals surface area contributed by atoms with E-state index in [1.807, 2.05) is 0 Å². The summed E-state index contributed by atoms with van der Waals surface area (Å²) in [4.78, 5) is 0. The molecular formula is C14H9ClF4. The Kier molecular flexibility index (Phi) is 3.80. The lowest BCUT2D eigenvalue weighted by atomic mass is 9.97. The van der Waals surface area contributed by atoms with Gasteiger partial charge in [0.25, 0.3) is 0 Å². The lowest BCUT2D eigenvalue weighted by molar-refractivity contribution is -0.137. The molecule has 0 radical (unpaired) electrons. The van der Waals surface area contributed by atoms with Crippen molar-refractivity contribution >= 4 is 11.6 Å². The first-order valence-electron chi connectivity index (χ1n) is 5.44. The van der Waals surface area contributed by atoms with Gasteiger partial charge in [-0.15, -0.1) is 11.6 Å². The minimum atomic E-state index is -4.47. The summed E-state index contributed by atoms with van der Waals surface area (Å²) in [7, 11) is 0. The van der Waals surface area contributed by atoms with Crippen molar-refractivity contribution in [1.29, 1.82) is 0 Å². The number of alkyl halides is 4. The van der Waals surface area contributed by atoms with Gasteiger partial charge in [0.15, 0.2) is 0 Å². The van der Waals surface area contributed by atoms with Gasteiger partial charge < -0.3 is 0 Å². The molecule has 2 aromatic rings. The Balaban J connectivity index is 2.64. The predicted octanol–water partition coefficient (Wildman–Crippen LogP) is 5.25. The van der Waals surface area contributed by atoms with Crippen molar-refractivity contribution in [2.75, 3.05) is 0 Å². The van der Waals surface area contributed by atoms with E-state index in [0.29, 0.717) is 5.56 Å². The van der Waals surface area contributed by atoms with E-state index < -0.39 is 17.6 Å². The molecule has 0 nitrogen and oxygen atoms in total. The Morgan fingerprint density at radius 1 is 0.947 bits per heavy atom. The molecule has 0 unspecified atom stereocenters. The molecule has 0 saturated heterocycles. The molecule has 0 N–H and O–H groups in total. The van der Waals surface area contributed by atoms with Crippen molar-refractivity contribution < 1.29 is 17.6 Å². The van der Waals surface area contributed by atoms with Crippen molar-refractivity contribution in [2.45, 2.75) is 12.1 Å². The third-order valence-electron chi connectivity index (χ3n) is 2.75. The van der Waals surface area contributed by atoms with Gasteiger partial charge in [-0.25, -0.2) is 4.39 Å². The van der Waals surface area contributed by atoms with Crippen LogP contribution in [0.3, 0.4) is 0 Å². The Morgan fingerprint density at radius 3 is 2.21 bits per heavy atom. The molecule has 0 aliphatic carbocycles. The van der Waals surface area contributed by atoms with Crippen molar-refractivity contribution in [1.82, 2.24) is 0 Å². The molecule has 100 valence electrons. The van der Waals surface area contributed by atoms with Gasteiger partial charge in [-0.2, -0.15) is 13.2 Å². The highest BCUT2D eigenvalue weighted by molar-refractivity contribution is 6.17. The average Bonchev–Trinajstić information content (AvgIpc) is 2.37. The molecule has 2 rings (SSSR count). The van der Waals surface area contributed by atoms with Crippen molar-refractivity contribution in [3.8, 4) is 11.1 Å². The number of halogens is 5. The second kappa shape index (κ2) is 5.21. The van der Waals surface area contributed by atoms with Gasteiger partial charge in [0.2, 0.25) is 0 Å². The number of hydrogen-bond acceptors (Lipinski definition) is 0. The largest absolute Gasteiger partial charge is 0.416 e.